The van der Waals surface area contributed by atoms with Crippen molar-refractivity contribution >= 4 is 23.6 Å². The number of anilines is 1. The van der Waals surface area contributed by atoms with Gasteiger partial charge >= 0.3 is 5.97 Å². The van der Waals surface area contributed by atoms with Gasteiger partial charge in [-0.05, 0) is 36.8 Å². The van der Waals surface area contributed by atoms with E-state index in [-0.39, 0.29) is 18.0 Å². The van der Waals surface area contributed by atoms with Crippen LogP contribution in [-0.4, -0.2) is 39.7 Å². The number of aromatic nitrogens is 2. The summed E-state index contributed by atoms with van der Waals surface area (Å²) in [7, 11) is 1.62. The zero-order chi connectivity index (χ0) is 25.7. The van der Waals surface area contributed by atoms with Gasteiger partial charge in [-0.25, -0.2) is 4.68 Å². The summed E-state index contributed by atoms with van der Waals surface area (Å²) in [5.41, 5.74) is 2.92. The lowest BCUT2D eigenvalue weighted by molar-refractivity contribution is -0.137. The van der Waals surface area contributed by atoms with Gasteiger partial charge in [0.05, 0.1) is 18.2 Å². The summed E-state index contributed by atoms with van der Waals surface area (Å²) in [6.45, 7) is 1.93. The standard InChI is InChI=1S/C28H26N4O4/c1-19-13-15-20(16-14-19)23(18-26(33)34)29-27(35)24-17-25(32(30-24)22-11-7-4-8-12-22)31(2)28(36)21-9-5-3-6-10-21/h3-17,23H,18H2,1-2H3,(H,29,35)(H,33,34)/t23-/m0/s1. The number of aryl methyl sites for hydroxylation is 1. The van der Waals surface area contributed by atoms with E-state index in [1.165, 1.54) is 15.6 Å². The topological polar surface area (TPSA) is 105 Å². The van der Waals surface area contributed by atoms with E-state index in [0.29, 0.717) is 22.6 Å². The molecule has 0 aliphatic rings. The maximum Gasteiger partial charge on any atom is 0.305 e. The Hall–Kier alpha value is -4.72. The van der Waals surface area contributed by atoms with E-state index in [0.717, 1.165) is 5.56 Å². The molecule has 1 atom stereocenters. The van der Waals surface area contributed by atoms with E-state index in [4.69, 9.17) is 0 Å². The quantitative estimate of drug-likeness (QED) is 0.387. The zero-order valence-electron chi connectivity index (χ0n) is 20.0. The van der Waals surface area contributed by atoms with Gasteiger partial charge in [-0.15, -0.1) is 0 Å². The molecule has 8 heteroatoms. The van der Waals surface area contributed by atoms with Crippen LogP contribution in [-0.2, 0) is 4.79 Å². The minimum Gasteiger partial charge on any atom is -0.481 e. The van der Waals surface area contributed by atoms with E-state index in [1.807, 2.05) is 55.5 Å². The number of nitrogens with zero attached hydrogens (tertiary/aromatic N) is 3. The molecule has 0 saturated heterocycles. The Bertz CT molecular complexity index is 1370. The number of hydrogen-bond donors (Lipinski definition) is 2. The first-order valence-corrected chi connectivity index (χ1v) is 11.4. The molecule has 0 radical (unpaired) electrons. The molecular formula is C28H26N4O4. The van der Waals surface area contributed by atoms with E-state index in [1.54, 1.807) is 43.4 Å². The van der Waals surface area contributed by atoms with Crippen molar-refractivity contribution in [2.45, 2.75) is 19.4 Å². The monoisotopic (exact) mass is 482 g/mol. The highest BCUT2D eigenvalue weighted by Gasteiger charge is 2.25. The van der Waals surface area contributed by atoms with Crippen LogP contribution in [0.25, 0.3) is 5.69 Å². The molecule has 0 aliphatic carbocycles. The molecule has 4 rings (SSSR count). The summed E-state index contributed by atoms with van der Waals surface area (Å²) in [6, 6.07) is 26.1. The predicted octanol–water partition coefficient (Wildman–Crippen LogP) is 4.40. The Morgan fingerprint density at radius 2 is 1.56 bits per heavy atom. The van der Waals surface area contributed by atoms with Gasteiger partial charge in [-0.1, -0.05) is 66.2 Å². The minimum atomic E-state index is -1.04. The van der Waals surface area contributed by atoms with E-state index in [9.17, 15) is 19.5 Å². The van der Waals surface area contributed by atoms with Gasteiger partial charge in [0.1, 0.15) is 5.82 Å². The average molecular weight is 483 g/mol. The van der Waals surface area contributed by atoms with Gasteiger partial charge < -0.3 is 10.4 Å². The largest absolute Gasteiger partial charge is 0.481 e. The fourth-order valence-corrected chi connectivity index (χ4v) is 3.82. The fraction of sp³-hybridized carbons (Fsp3) is 0.143. The molecule has 0 unspecified atom stereocenters. The second-order valence-corrected chi connectivity index (χ2v) is 8.40. The van der Waals surface area contributed by atoms with Crippen LogP contribution in [0.4, 0.5) is 5.82 Å². The van der Waals surface area contributed by atoms with Gasteiger partial charge in [0, 0.05) is 18.7 Å². The Morgan fingerprint density at radius 3 is 2.17 bits per heavy atom. The highest BCUT2D eigenvalue weighted by atomic mass is 16.4. The van der Waals surface area contributed by atoms with Crippen LogP contribution in [0.3, 0.4) is 0 Å². The number of amides is 2. The van der Waals surface area contributed by atoms with Gasteiger partial charge in [0.25, 0.3) is 11.8 Å². The Kier molecular flexibility index (Phi) is 7.25. The molecule has 2 N–H and O–H groups in total. The highest BCUT2D eigenvalue weighted by molar-refractivity contribution is 6.06. The second kappa shape index (κ2) is 10.7. The normalized spacial score (nSPS) is 11.5. The van der Waals surface area contributed by atoms with Crippen LogP contribution in [0, 0.1) is 6.92 Å². The lowest BCUT2D eigenvalue weighted by Crippen LogP contribution is -2.30. The fourth-order valence-electron chi connectivity index (χ4n) is 3.82. The molecule has 1 heterocycles. The number of aliphatic carboxylic acids is 1. The Morgan fingerprint density at radius 1 is 0.944 bits per heavy atom. The van der Waals surface area contributed by atoms with E-state index < -0.39 is 17.9 Å². The smallest absolute Gasteiger partial charge is 0.305 e. The summed E-state index contributed by atoms with van der Waals surface area (Å²) in [5.74, 6) is -1.45. The van der Waals surface area contributed by atoms with Crippen LogP contribution in [0.1, 0.15) is 44.4 Å². The first-order chi connectivity index (χ1) is 17.3. The van der Waals surface area contributed by atoms with Crippen molar-refractivity contribution in [3.8, 4) is 5.69 Å². The molecule has 1 aromatic heterocycles. The SMILES string of the molecule is Cc1ccc([C@H](CC(=O)O)NC(=O)c2cc(N(C)C(=O)c3ccccc3)n(-c3ccccc3)n2)cc1. The molecule has 4 aromatic rings. The number of carbonyl (C=O) groups is 3. The zero-order valence-corrected chi connectivity index (χ0v) is 20.0. The number of nitrogens with one attached hydrogen (secondary N) is 1. The number of carboxylic acid groups (broad SMARTS) is 1. The van der Waals surface area contributed by atoms with Crippen molar-refractivity contribution in [2.24, 2.45) is 0 Å². The molecule has 0 fully saturated rings. The van der Waals surface area contributed by atoms with Crippen LogP contribution in [0.2, 0.25) is 0 Å². The van der Waals surface area contributed by atoms with Gasteiger partial charge in [-0.2, -0.15) is 5.10 Å². The predicted molar refractivity (Wildman–Crippen MR) is 136 cm³/mol. The average Bonchev–Trinajstić information content (AvgIpc) is 3.34. The molecule has 8 nitrogen and oxygen atoms in total. The maximum absolute atomic E-state index is 13.3. The van der Waals surface area contributed by atoms with Crippen molar-refractivity contribution < 1.29 is 19.5 Å². The molecule has 36 heavy (non-hydrogen) atoms. The van der Waals surface area contributed by atoms with Crippen molar-refractivity contribution in [1.82, 2.24) is 15.1 Å². The van der Waals surface area contributed by atoms with E-state index >= 15 is 0 Å². The minimum absolute atomic E-state index is 0.0593. The molecule has 0 bridgehead atoms. The number of rotatable bonds is 8. The summed E-state index contributed by atoms with van der Waals surface area (Å²) in [5, 5.41) is 16.7. The van der Waals surface area contributed by atoms with Crippen LogP contribution >= 0.6 is 0 Å². The summed E-state index contributed by atoms with van der Waals surface area (Å²) < 4.78 is 1.52. The Balaban J connectivity index is 1.68. The highest BCUT2D eigenvalue weighted by Crippen LogP contribution is 2.24. The molecule has 2 amide bonds. The third-order valence-electron chi connectivity index (χ3n) is 5.76. The summed E-state index contributed by atoms with van der Waals surface area (Å²) in [4.78, 5) is 39.3. The van der Waals surface area contributed by atoms with Crippen LogP contribution in [0.15, 0.2) is 91.0 Å². The molecular weight excluding hydrogens is 456 g/mol. The first-order valence-electron chi connectivity index (χ1n) is 11.4. The van der Waals surface area contributed by atoms with Gasteiger partial charge in [-0.3, -0.25) is 19.3 Å². The molecule has 182 valence electrons. The number of hydrogen-bond acceptors (Lipinski definition) is 4. The summed E-state index contributed by atoms with van der Waals surface area (Å²) >= 11 is 0. The molecule has 3 aromatic carbocycles. The van der Waals surface area contributed by atoms with Gasteiger partial charge in [0.15, 0.2) is 5.69 Å². The third-order valence-corrected chi connectivity index (χ3v) is 5.76. The van der Waals surface area contributed by atoms with Crippen molar-refractivity contribution in [1.29, 1.82) is 0 Å². The first kappa shape index (κ1) is 24.4. The molecule has 0 spiro atoms. The second-order valence-electron chi connectivity index (χ2n) is 8.40. The lowest BCUT2D eigenvalue weighted by atomic mass is 10.0. The number of para-hydroxylation sites is 1. The lowest BCUT2D eigenvalue weighted by Gasteiger charge is -2.18. The van der Waals surface area contributed by atoms with Crippen LogP contribution in [0.5, 0.6) is 0 Å². The number of carbonyl (C=O) groups excluding carboxylic acids is 2. The number of carboxylic acids is 1. The van der Waals surface area contributed by atoms with Crippen LogP contribution < -0.4 is 10.2 Å². The van der Waals surface area contributed by atoms with E-state index in [2.05, 4.69) is 10.4 Å². The number of benzene rings is 3. The Labute approximate surface area is 208 Å². The van der Waals surface area contributed by atoms with Crippen molar-refractivity contribution in [3.63, 3.8) is 0 Å². The van der Waals surface area contributed by atoms with Crippen molar-refractivity contribution in [3.05, 3.63) is 113 Å². The summed E-state index contributed by atoms with van der Waals surface area (Å²) in [6.07, 6.45) is -0.284. The molecule has 0 aliphatic heterocycles. The van der Waals surface area contributed by atoms with Gasteiger partial charge in [0.2, 0.25) is 0 Å². The molecule has 0 saturated carbocycles. The maximum atomic E-state index is 13.3. The van der Waals surface area contributed by atoms with Crippen molar-refractivity contribution in [2.75, 3.05) is 11.9 Å². The third kappa shape index (κ3) is 5.50.